The Hall–Kier alpha value is -2.57. The van der Waals surface area contributed by atoms with Gasteiger partial charge in [-0.25, -0.2) is 14.4 Å². The fourth-order valence-corrected chi connectivity index (χ4v) is 1.57. The van der Waals surface area contributed by atoms with Crippen LogP contribution in [-0.2, 0) is 9.53 Å². The van der Waals surface area contributed by atoms with E-state index in [9.17, 15) is 14.4 Å². The molecule has 0 amide bonds. The van der Waals surface area contributed by atoms with Crippen LogP contribution < -0.4 is 0 Å². The Bertz CT molecular complexity index is 555. The van der Waals surface area contributed by atoms with Gasteiger partial charge < -0.3 is 19.9 Å². The maximum absolute atomic E-state index is 11.1. The molecule has 19 heavy (non-hydrogen) atoms. The van der Waals surface area contributed by atoms with Crippen molar-refractivity contribution >= 4 is 24.0 Å². The van der Waals surface area contributed by atoms with Gasteiger partial charge in [-0.15, -0.1) is 0 Å². The molecule has 3 N–H and O–H groups in total. The van der Waals surface area contributed by atoms with E-state index in [-0.39, 0.29) is 29.1 Å². The number of carboxylic acids is 2. The molecule has 7 nitrogen and oxygen atoms in total. The predicted octanol–water partition coefficient (Wildman–Crippen LogP) is 1.30. The molecule has 1 aromatic heterocycles. The molecule has 0 aliphatic rings. The molecule has 1 heterocycles. The second-order valence-corrected chi connectivity index (χ2v) is 3.61. The first-order valence-electron chi connectivity index (χ1n) is 5.42. The van der Waals surface area contributed by atoms with Crippen LogP contribution in [0.5, 0.6) is 0 Å². The maximum Gasteiger partial charge on any atom is 0.352 e. The largest absolute Gasteiger partial charge is 0.478 e. The van der Waals surface area contributed by atoms with E-state index in [1.54, 1.807) is 6.92 Å². The maximum atomic E-state index is 11.1. The quantitative estimate of drug-likeness (QED) is 0.546. The van der Waals surface area contributed by atoms with Gasteiger partial charge in [0.2, 0.25) is 0 Å². The highest BCUT2D eigenvalue weighted by Gasteiger charge is 2.21. The highest BCUT2D eigenvalue weighted by molar-refractivity contribution is 6.00. The van der Waals surface area contributed by atoms with Crippen molar-refractivity contribution in [2.45, 2.75) is 13.8 Å². The monoisotopic (exact) mass is 267 g/mol. The highest BCUT2D eigenvalue weighted by Crippen LogP contribution is 2.20. The molecule has 0 fully saturated rings. The van der Waals surface area contributed by atoms with Crippen molar-refractivity contribution in [1.82, 2.24) is 4.98 Å². The third kappa shape index (κ3) is 3.21. The molecule has 0 aliphatic heterocycles. The lowest BCUT2D eigenvalue weighted by molar-refractivity contribution is -0.137. The van der Waals surface area contributed by atoms with E-state index in [1.807, 2.05) is 0 Å². The summed E-state index contributed by atoms with van der Waals surface area (Å²) in [6.07, 6.45) is 2.22. The molecular formula is C12H13NO6. The predicted molar refractivity (Wildman–Crippen MR) is 65.1 cm³/mol. The van der Waals surface area contributed by atoms with Crippen molar-refractivity contribution in [3.63, 3.8) is 0 Å². The van der Waals surface area contributed by atoms with Gasteiger partial charge in [0.25, 0.3) is 0 Å². The number of carboxylic acid groups (broad SMARTS) is 2. The number of aromatic nitrogens is 1. The Balaban J connectivity index is 3.20. The molecule has 7 heteroatoms. The molecule has 0 unspecified atom stereocenters. The Morgan fingerprint density at radius 3 is 2.37 bits per heavy atom. The van der Waals surface area contributed by atoms with E-state index in [4.69, 9.17) is 10.2 Å². The number of H-pyrrole nitrogens is 1. The number of esters is 1. The molecule has 102 valence electrons. The minimum atomic E-state index is -1.27. The Morgan fingerprint density at radius 2 is 1.89 bits per heavy atom. The molecule has 0 atom stereocenters. The average Bonchev–Trinajstić information content (AvgIpc) is 2.64. The van der Waals surface area contributed by atoms with Crippen molar-refractivity contribution in [3.8, 4) is 0 Å². The molecule has 0 saturated heterocycles. The van der Waals surface area contributed by atoms with Gasteiger partial charge in [-0.3, -0.25) is 0 Å². The van der Waals surface area contributed by atoms with E-state index in [1.165, 1.54) is 13.0 Å². The van der Waals surface area contributed by atoms with E-state index in [2.05, 4.69) is 9.72 Å². The van der Waals surface area contributed by atoms with Gasteiger partial charge in [0.1, 0.15) is 5.69 Å². The minimum Gasteiger partial charge on any atom is -0.478 e. The average molecular weight is 267 g/mol. The molecule has 0 aromatic carbocycles. The first-order chi connectivity index (χ1) is 8.88. The zero-order chi connectivity index (χ0) is 14.6. The standard InChI is InChI=1S/C12H13NO6/c1-3-19-8(14)5-4-7-9(11(15)16)6(2)10(13-7)12(17)18/h4-5,13H,3H2,1-2H3,(H,15,16)(H,17,18). The van der Waals surface area contributed by atoms with Crippen LogP contribution in [0.25, 0.3) is 6.08 Å². The number of carbonyl (C=O) groups is 3. The van der Waals surface area contributed by atoms with Gasteiger partial charge in [-0.1, -0.05) is 0 Å². The van der Waals surface area contributed by atoms with Crippen LogP contribution in [0.2, 0.25) is 0 Å². The Labute approximate surface area is 108 Å². The van der Waals surface area contributed by atoms with Gasteiger partial charge in [0.15, 0.2) is 0 Å². The topological polar surface area (TPSA) is 117 Å². The number of hydrogen-bond acceptors (Lipinski definition) is 4. The van der Waals surface area contributed by atoms with Crippen LogP contribution in [0.4, 0.5) is 0 Å². The number of nitrogens with one attached hydrogen (secondary N) is 1. The molecule has 1 rings (SSSR count). The highest BCUT2D eigenvalue weighted by atomic mass is 16.5. The summed E-state index contributed by atoms with van der Waals surface area (Å²) in [6.45, 7) is 3.21. The number of hydrogen-bond donors (Lipinski definition) is 3. The molecule has 0 saturated carbocycles. The summed E-state index contributed by atoms with van der Waals surface area (Å²) in [4.78, 5) is 35.6. The van der Waals surface area contributed by atoms with Gasteiger partial charge >= 0.3 is 17.9 Å². The smallest absolute Gasteiger partial charge is 0.352 e. The summed E-state index contributed by atoms with van der Waals surface area (Å²) in [5.41, 5.74) is -0.266. The second-order valence-electron chi connectivity index (χ2n) is 3.61. The molecule has 0 radical (unpaired) electrons. The lowest BCUT2D eigenvalue weighted by Gasteiger charge is -1.96. The molecular weight excluding hydrogens is 254 g/mol. The van der Waals surface area contributed by atoms with Crippen LogP contribution in [-0.4, -0.2) is 39.7 Å². The van der Waals surface area contributed by atoms with Gasteiger partial charge in [-0.2, -0.15) is 0 Å². The van der Waals surface area contributed by atoms with Crippen LogP contribution in [0.1, 0.15) is 39.0 Å². The molecule has 1 aromatic rings. The first kappa shape index (κ1) is 14.5. The zero-order valence-corrected chi connectivity index (χ0v) is 10.4. The number of rotatable bonds is 5. The Morgan fingerprint density at radius 1 is 1.26 bits per heavy atom. The minimum absolute atomic E-state index is 0.0375. The van der Waals surface area contributed by atoms with E-state index in [0.29, 0.717) is 0 Å². The van der Waals surface area contributed by atoms with Crippen LogP contribution >= 0.6 is 0 Å². The van der Waals surface area contributed by atoms with Crippen molar-refractivity contribution in [3.05, 3.63) is 28.6 Å². The van der Waals surface area contributed by atoms with Crippen LogP contribution in [0.15, 0.2) is 6.08 Å². The van der Waals surface area contributed by atoms with E-state index >= 15 is 0 Å². The fraction of sp³-hybridized carbons (Fsp3) is 0.250. The van der Waals surface area contributed by atoms with Crippen LogP contribution in [0, 0.1) is 6.92 Å². The fourth-order valence-electron chi connectivity index (χ4n) is 1.57. The van der Waals surface area contributed by atoms with E-state index < -0.39 is 17.9 Å². The third-order valence-electron chi connectivity index (χ3n) is 2.38. The number of ether oxygens (including phenoxy) is 1. The van der Waals surface area contributed by atoms with Gasteiger partial charge in [-0.05, 0) is 25.5 Å². The number of aromatic carboxylic acids is 2. The molecule has 0 aliphatic carbocycles. The van der Waals surface area contributed by atoms with Gasteiger partial charge in [0.05, 0.1) is 17.9 Å². The number of carbonyl (C=O) groups excluding carboxylic acids is 1. The summed E-state index contributed by atoms with van der Waals surface area (Å²) in [5, 5.41) is 18.0. The lowest BCUT2D eigenvalue weighted by Crippen LogP contribution is -2.02. The summed E-state index contributed by atoms with van der Waals surface area (Å²) in [6, 6.07) is 0. The van der Waals surface area contributed by atoms with Crippen molar-refractivity contribution < 1.29 is 29.3 Å². The van der Waals surface area contributed by atoms with Crippen molar-refractivity contribution in [2.75, 3.05) is 6.61 Å². The summed E-state index contributed by atoms with van der Waals surface area (Å²) >= 11 is 0. The Kier molecular flexibility index (Phi) is 4.46. The van der Waals surface area contributed by atoms with Crippen molar-refractivity contribution in [1.29, 1.82) is 0 Å². The second kappa shape index (κ2) is 5.85. The van der Waals surface area contributed by atoms with Gasteiger partial charge in [0, 0.05) is 6.08 Å². The van der Waals surface area contributed by atoms with Crippen LogP contribution in [0.3, 0.4) is 0 Å². The third-order valence-corrected chi connectivity index (χ3v) is 2.38. The SMILES string of the molecule is CCOC(=O)C=Cc1[nH]c(C(=O)O)c(C)c1C(=O)O. The van der Waals surface area contributed by atoms with E-state index in [0.717, 1.165) is 6.08 Å². The summed E-state index contributed by atoms with van der Waals surface area (Å²) in [5.74, 6) is -3.18. The zero-order valence-electron chi connectivity index (χ0n) is 10.4. The van der Waals surface area contributed by atoms with Crippen molar-refractivity contribution in [2.24, 2.45) is 0 Å². The lowest BCUT2D eigenvalue weighted by atomic mass is 10.1. The summed E-state index contributed by atoms with van der Waals surface area (Å²) < 4.78 is 4.65. The normalized spacial score (nSPS) is 10.6. The number of aromatic amines is 1. The summed E-state index contributed by atoms with van der Waals surface area (Å²) in [7, 11) is 0. The first-order valence-corrected chi connectivity index (χ1v) is 5.42. The molecule has 0 spiro atoms. The molecule has 0 bridgehead atoms.